The van der Waals surface area contributed by atoms with E-state index in [0.717, 1.165) is 10.6 Å². The van der Waals surface area contributed by atoms with Gasteiger partial charge in [-0.25, -0.2) is 9.78 Å². The minimum atomic E-state index is -0.389. The van der Waals surface area contributed by atoms with E-state index >= 15 is 0 Å². The van der Waals surface area contributed by atoms with Crippen LogP contribution in [0.1, 0.15) is 14.7 Å². The third-order valence-electron chi connectivity index (χ3n) is 2.76. The summed E-state index contributed by atoms with van der Waals surface area (Å²) in [5.74, 6) is 0.828. The van der Waals surface area contributed by atoms with Gasteiger partial charge in [0.05, 0.1) is 32.0 Å². The lowest BCUT2D eigenvalue weighted by Gasteiger charge is -2.09. The summed E-state index contributed by atoms with van der Waals surface area (Å²) in [6.07, 6.45) is 0. The third-order valence-corrected chi connectivity index (χ3v) is 3.71. The number of aryl methyl sites for hydroxylation is 1. The molecule has 0 amide bonds. The number of carbonyl (C=O) groups is 1. The number of carbonyl (C=O) groups excluding carboxylic acids is 1. The van der Waals surface area contributed by atoms with Gasteiger partial charge in [0.15, 0.2) is 11.5 Å². The number of ether oxygens (including phenoxy) is 3. The van der Waals surface area contributed by atoms with Gasteiger partial charge < -0.3 is 14.2 Å². The lowest BCUT2D eigenvalue weighted by Crippen LogP contribution is -2.00. The van der Waals surface area contributed by atoms with E-state index in [2.05, 4.69) is 4.98 Å². The van der Waals surface area contributed by atoms with E-state index in [1.165, 1.54) is 18.4 Å². The lowest BCUT2D eigenvalue weighted by molar-refractivity contribution is 0.0607. The van der Waals surface area contributed by atoms with Crippen molar-refractivity contribution < 1.29 is 19.0 Å². The zero-order valence-corrected chi connectivity index (χ0v) is 12.5. The van der Waals surface area contributed by atoms with E-state index in [0.29, 0.717) is 22.1 Å². The lowest BCUT2D eigenvalue weighted by atomic mass is 10.1. The van der Waals surface area contributed by atoms with Crippen molar-refractivity contribution in [2.45, 2.75) is 6.92 Å². The summed E-state index contributed by atoms with van der Waals surface area (Å²) in [7, 11) is 4.50. The van der Waals surface area contributed by atoms with Gasteiger partial charge in [-0.2, -0.15) is 0 Å². The molecule has 0 spiro atoms. The van der Waals surface area contributed by atoms with Crippen LogP contribution in [0.3, 0.4) is 0 Å². The van der Waals surface area contributed by atoms with Crippen LogP contribution in [0.2, 0.25) is 0 Å². The van der Waals surface area contributed by atoms with Crippen molar-refractivity contribution in [1.82, 2.24) is 4.98 Å². The second-order valence-corrected chi connectivity index (χ2v) is 5.18. The van der Waals surface area contributed by atoms with Gasteiger partial charge in [-0.1, -0.05) is 0 Å². The molecule has 0 atom stereocenters. The van der Waals surface area contributed by atoms with Crippen LogP contribution >= 0.6 is 11.3 Å². The maximum Gasteiger partial charge on any atom is 0.350 e. The summed E-state index contributed by atoms with van der Waals surface area (Å²) in [5, 5.41) is 0.801. The molecule has 0 bridgehead atoms. The van der Waals surface area contributed by atoms with Gasteiger partial charge in [0.25, 0.3) is 0 Å². The molecule has 2 aromatic rings. The number of hydrogen-bond acceptors (Lipinski definition) is 6. The Bertz CT molecular complexity index is 636. The molecule has 106 valence electrons. The number of thiazole rings is 1. The molecule has 2 rings (SSSR count). The minimum absolute atomic E-state index is 0.389. The number of esters is 1. The first-order valence-corrected chi connectivity index (χ1v) is 6.70. The Kier molecular flexibility index (Phi) is 4.24. The van der Waals surface area contributed by atoms with Crippen molar-refractivity contribution in [2.24, 2.45) is 0 Å². The predicted molar refractivity (Wildman–Crippen MR) is 76.7 cm³/mol. The van der Waals surface area contributed by atoms with Crippen LogP contribution in [0.5, 0.6) is 11.5 Å². The maximum absolute atomic E-state index is 11.8. The molecule has 1 heterocycles. The molecule has 20 heavy (non-hydrogen) atoms. The first kappa shape index (κ1) is 14.3. The Labute approximate surface area is 121 Å². The zero-order valence-electron chi connectivity index (χ0n) is 11.7. The molecule has 1 aromatic heterocycles. The first-order chi connectivity index (χ1) is 9.60. The number of aromatic nitrogens is 1. The number of methoxy groups -OCH3 is 3. The molecule has 0 aliphatic rings. The van der Waals surface area contributed by atoms with E-state index in [1.54, 1.807) is 26.4 Å². The van der Waals surface area contributed by atoms with E-state index in [-0.39, 0.29) is 5.97 Å². The second-order valence-electron chi connectivity index (χ2n) is 3.97. The fraction of sp³-hybridized carbons (Fsp3) is 0.286. The molecule has 0 unspecified atom stereocenters. The fourth-order valence-electron chi connectivity index (χ4n) is 1.84. The highest BCUT2D eigenvalue weighted by atomic mass is 32.1. The van der Waals surface area contributed by atoms with Crippen LogP contribution < -0.4 is 9.47 Å². The normalized spacial score (nSPS) is 10.2. The van der Waals surface area contributed by atoms with E-state index in [1.807, 2.05) is 13.0 Å². The molecule has 0 aliphatic carbocycles. The molecule has 0 N–H and O–H groups in total. The Morgan fingerprint density at radius 1 is 1.15 bits per heavy atom. The maximum atomic E-state index is 11.8. The summed E-state index contributed by atoms with van der Waals surface area (Å²) < 4.78 is 15.3. The van der Waals surface area contributed by atoms with Crippen LogP contribution in [0.25, 0.3) is 11.3 Å². The smallest absolute Gasteiger partial charge is 0.350 e. The van der Waals surface area contributed by atoms with E-state index in [9.17, 15) is 4.79 Å². The summed E-state index contributed by atoms with van der Waals surface area (Å²) in [4.78, 5) is 16.7. The highest BCUT2D eigenvalue weighted by molar-refractivity contribution is 7.14. The Morgan fingerprint density at radius 2 is 1.85 bits per heavy atom. The van der Waals surface area contributed by atoms with Crippen LogP contribution in [0.15, 0.2) is 18.2 Å². The molecule has 0 saturated carbocycles. The summed E-state index contributed by atoms with van der Waals surface area (Å²) in [6.45, 7) is 1.85. The summed E-state index contributed by atoms with van der Waals surface area (Å²) in [6, 6.07) is 5.41. The van der Waals surface area contributed by atoms with Crippen LogP contribution in [0.4, 0.5) is 0 Å². The monoisotopic (exact) mass is 293 g/mol. The van der Waals surface area contributed by atoms with E-state index < -0.39 is 0 Å². The standard InChI is InChI=1S/C14H15NO4S/c1-8-15-12(13(20-8)14(16)19-4)9-5-6-10(17-2)11(7-9)18-3/h5-7H,1-4H3. The van der Waals surface area contributed by atoms with Gasteiger partial charge in [-0.3, -0.25) is 0 Å². The molecule has 1 aromatic carbocycles. The minimum Gasteiger partial charge on any atom is -0.493 e. The number of hydrogen-bond donors (Lipinski definition) is 0. The van der Waals surface area contributed by atoms with Crippen molar-refractivity contribution in [3.8, 4) is 22.8 Å². The highest BCUT2D eigenvalue weighted by Gasteiger charge is 2.19. The van der Waals surface area contributed by atoms with Gasteiger partial charge in [-0.15, -0.1) is 11.3 Å². The Balaban J connectivity index is 2.54. The SMILES string of the molecule is COC(=O)c1sc(C)nc1-c1ccc(OC)c(OC)c1. The molecular formula is C14H15NO4S. The van der Waals surface area contributed by atoms with Gasteiger partial charge in [0.2, 0.25) is 0 Å². The third kappa shape index (κ3) is 2.60. The molecule has 0 aliphatic heterocycles. The Hall–Kier alpha value is -2.08. The van der Waals surface area contributed by atoms with Crippen LogP contribution in [-0.4, -0.2) is 32.3 Å². The van der Waals surface area contributed by atoms with Crippen molar-refractivity contribution in [3.05, 3.63) is 28.1 Å². The number of nitrogens with zero attached hydrogens (tertiary/aromatic N) is 1. The van der Waals surface area contributed by atoms with Gasteiger partial charge in [0.1, 0.15) is 4.88 Å². The van der Waals surface area contributed by atoms with Crippen LogP contribution in [0, 0.1) is 6.92 Å². The highest BCUT2D eigenvalue weighted by Crippen LogP contribution is 2.35. The van der Waals surface area contributed by atoms with Crippen molar-refractivity contribution in [1.29, 1.82) is 0 Å². The van der Waals surface area contributed by atoms with Gasteiger partial charge in [-0.05, 0) is 25.1 Å². The van der Waals surface area contributed by atoms with E-state index in [4.69, 9.17) is 14.2 Å². The van der Waals surface area contributed by atoms with Crippen molar-refractivity contribution in [3.63, 3.8) is 0 Å². The van der Waals surface area contributed by atoms with Crippen molar-refractivity contribution >= 4 is 17.3 Å². The molecule has 0 fully saturated rings. The largest absolute Gasteiger partial charge is 0.493 e. The summed E-state index contributed by atoms with van der Waals surface area (Å²) >= 11 is 1.31. The second kappa shape index (κ2) is 5.92. The molecule has 6 heteroatoms. The van der Waals surface area contributed by atoms with Gasteiger partial charge in [0, 0.05) is 5.56 Å². The molecule has 5 nitrogen and oxygen atoms in total. The predicted octanol–water partition coefficient (Wildman–Crippen LogP) is 2.92. The quantitative estimate of drug-likeness (QED) is 0.811. The average molecular weight is 293 g/mol. The molecular weight excluding hydrogens is 278 g/mol. The van der Waals surface area contributed by atoms with Crippen molar-refractivity contribution in [2.75, 3.05) is 21.3 Å². The molecule has 0 saturated heterocycles. The number of rotatable bonds is 4. The number of benzene rings is 1. The topological polar surface area (TPSA) is 57.7 Å². The summed E-state index contributed by atoms with van der Waals surface area (Å²) in [5.41, 5.74) is 1.38. The fourth-order valence-corrected chi connectivity index (χ4v) is 2.70. The zero-order chi connectivity index (χ0) is 14.7. The first-order valence-electron chi connectivity index (χ1n) is 5.88. The molecule has 0 radical (unpaired) electrons. The Morgan fingerprint density at radius 3 is 2.45 bits per heavy atom. The van der Waals surface area contributed by atoms with Gasteiger partial charge >= 0.3 is 5.97 Å². The average Bonchev–Trinajstić information content (AvgIpc) is 2.87. The van der Waals surface area contributed by atoms with Crippen LogP contribution in [-0.2, 0) is 4.74 Å².